The second kappa shape index (κ2) is 4.61. The van der Waals surface area contributed by atoms with Crippen molar-refractivity contribution < 1.29 is 4.79 Å². The van der Waals surface area contributed by atoms with Crippen molar-refractivity contribution >= 4 is 18.4 Å². The smallest absolute Gasteiger partial charge is 0.160 e. The third-order valence-electron chi connectivity index (χ3n) is 7.32. The van der Waals surface area contributed by atoms with Crippen LogP contribution in [0, 0.1) is 28.6 Å². The Labute approximate surface area is 134 Å². The fourth-order valence-corrected chi connectivity index (χ4v) is 6.54. The van der Waals surface area contributed by atoms with Crippen LogP contribution in [0.1, 0.15) is 59.8 Å². The quantitative estimate of drug-likeness (QED) is 0.665. The number of rotatable bonds is 0. The van der Waals surface area contributed by atoms with E-state index in [1.165, 1.54) is 0 Å². The first-order chi connectivity index (χ1) is 9.63. The van der Waals surface area contributed by atoms with Crippen LogP contribution in [0.25, 0.3) is 0 Å². The lowest BCUT2D eigenvalue weighted by Gasteiger charge is -2.63. The lowest BCUT2D eigenvalue weighted by molar-refractivity contribution is -0.154. The topological polar surface area (TPSA) is 43.1 Å². The Hall–Kier alpha value is -0.280. The summed E-state index contributed by atoms with van der Waals surface area (Å²) in [4.78, 5) is 13.9. The van der Waals surface area contributed by atoms with Crippen molar-refractivity contribution in [2.24, 2.45) is 34.3 Å². The summed E-state index contributed by atoms with van der Waals surface area (Å²) >= 11 is 4.58. The first kappa shape index (κ1) is 15.6. The van der Waals surface area contributed by atoms with Crippen LogP contribution in [-0.4, -0.2) is 11.3 Å². The van der Waals surface area contributed by atoms with E-state index in [0.29, 0.717) is 17.6 Å². The standard InChI is InChI=1S/C18H29NOS/c1-11-13(21)10-12(20)15-16(11,2)9-6-14-17(15,3)7-5-8-18(14,4)19/h10-11,14-15,21H,5-9,19H2,1-4H3/t11?,14?,15?,16?,17?,18-/m0/s1. The predicted octanol–water partition coefficient (Wildman–Crippen LogP) is 3.96. The number of nitrogens with two attached hydrogens (primary N) is 1. The van der Waals surface area contributed by atoms with E-state index in [-0.39, 0.29) is 22.3 Å². The molecule has 118 valence electrons. The minimum Gasteiger partial charge on any atom is -0.325 e. The van der Waals surface area contributed by atoms with Gasteiger partial charge in [-0.25, -0.2) is 0 Å². The molecule has 21 heavy (non-hydrogen) atoms. The number of allylic oxidation sites excluding steroid dienone is 2. The molecule has 0 amide bonds. The van der Waals surface area contributed by atoms with Crippen LogP contribution >= 0.6 is 12.6 Å². The maximum Gasteiger partial charge on any atom is 0.160 e. The van der Waals surface area contributed by atoms with E-state index in [2.05, 4.69) is 40.3 Å². The minimum absolute atomic E-state index is 0.0432. The molecule has 0 aromatic carbocycles. The number of ketones is 1. The van der Waals surface area contributed by atoms with E-state index in [1.807, 2.05) is 0 Å². The van der Waals surface area contributed by atoms with Crippen molar-refractivity contribution in [2.75, 3.05) is 0 Å². The Morgan fingerprint density at radius 1 is 1.19 bits per heavy atom. The summed E-state index contributed by atoms with van der Waals surface area (Å²) in [6.07, 6.45) is 7.42. The van der Waals surface area contributed by atoms with Gasteiger partial charge in [-0.3, -0.25) is 4.79 Å². The molecule has 6 atom stereocenters. The Morgan fingerprint density at radius 2 is 1.86 bits per heavy atom. The fraction of sp³-hybridized carbons (Fsp3) is 0.833. The zero-order chi connectivity index (χ0) is 15.6. The van der Waals surface area contributed by atoms with Crippen LogP contribution in [0.4, 0.5) is 0 Å². The van der Waals surface area contributed by atoms with Gasteiger partial charge in [0.15, 0.2) is 5.78 Å². The molecule has 0 saturated heterocycles. The molecule has 2 fully saturated rings. The summed E-state index contributed by atoms with van der Waals surface area (Å²) in [5, 5.41) is 0. The second-order valence-electron chi connectivity index (χ2n) is 8.59. The van der Waals surface area contributed by atoms with Gasteiger partial charge in [-0.05, 0) is 66.3 Å². The summed E-state index contributed by atoms with van der Waals surface area (Å²) in [6, 6.07) is 0. The van der Waals surface area contributed by atoms with Gasteiger partial charge >= 0.3 is 0 Å². The van der Waals surface area contributed by atoms with Crippen LogP contribution in [0.5, 0.6) is 0 Å². The lowest BCUT2D eigenvalue weighted by Crippen LogP contribution is -2.64. The van der Waals surface area contributed by atoms with Crippen molar-refractivity contribution in [3.05, 3.63) is 11.0 Å². The van der Waals surface area contributed by atoms with E-state index in [1.54, 1.807) is 6.08 Å². The molecular weight excluding hydrogens is 278 g/mol. The number of hydrogen-bond donors (Lipinski definition) is 2. The maximum absolute atomic E-state index is 12.9. The van der Waals surface area contributed by atoms with Crippen LogP contribution in [-0.2, 0) is 4.79 Å². The van der Waals surface area contributed by atoms with Gasteiger partial charge < -0.3 is 5.73 Å². The van der Waals surface area contributed by atoms with Crippen molar-refractivity contribution in [1.82, 2.24) is 0 Å². The maximum atomic E-state index is 12.9. The molecule has 3 aliphatic rings. The summed E-state index contributed by atoms with van der Waals surface area (Å²) in [5.41, 5.74) is 6.62. The summed E-state index contributed by atoms with van der Waals surface area (Å²) in [7, 11) is 0. The van der Waals surface area contributed by atoms with E-state index in [0.717, 1.165) is 37.0 Å². The van der Waals surface area contributed by atoms with Crippen LogP contribution in [0.2, 0.25) is 0 Å². The predicted molar refractivity (Wildman–Crippen MR) is 90.1 cm³/mol. The molecule has 2 saturated carbocycles. The highest BCUT2D eigenvalue weighted by Gasteiger charge is 2.62. The summed E-state index contributed by atoms with van der Waals surface area (Å²) in [6.45, 7) is 9.10. The van der Waals surface area contributed by atoms with Gasteiger partial charge in [-0.15, -0.1) is 12.6 Å². The molecule has 0 heterocycles. The first-order valence-corrected chi connectivity index (χ1v) is 8.81. The SMILES string of the molecule is CC1C(S)=CC(=O)C2C1(C)CCC1C2(C)CCC[C@]1(C)N. The van der Waals surface area contributed by atoms with Crippen molar-refractivity contribution in [2.45, 2.75) is 65.3 Å². The van der Waals surface area contributed by atoms with Gasteiger partial charge in [-0.1, -0.05) is 27.2 Å². The highest BCUT2D eigenvalue weighted by Crippen LogP contribution is 2.65. The number of carbonyl (C=O) groups excluding carboxylic acids is 1. The van der Waals surface area contributed by atoms with E-state index in [4.69, 9.17) is 5.73 Å². The number of thiol groups is 1. The molecule has 2 N–H and O–H groups in total. The number of hydrogen-bond acceptors (Lipinski definition) is 3. The zero-order valence-electron chi connectivity index (χ0n) is 13.8. The highest BCUT2D eigenvalue weighted by molar-refractivity contribution is 7.84. The second-order valence-corrected chi connectivity index (χ2v) is 9.10. The normalized spacial score (nSPS) is 53.7. The van der Waals surface area contributed by atoms with Gasteiger partial charge in [0, 0.05) is 11.5 Å². The molecule has 0 radical (unpaired) electrons. The Bertz CT molecular complexity index is 511. The molecule has 0 aromatic rings. The van der Waals surface area contributed by atoms with Crippen LogP contribution < -0.4 is 5.73 Å². The van der Waals surface area contributed by atoms with Gasteiger partial charge in [0.2, 0.25) is 0 Å². The molecule has 2 nitrogen and oxygen atoms in total. The molecular formula is C18H29NOS. The molecule has 0 bridgehead atoms. The molecule has 0 aromatic heterocycles. The summed E-state index contributed by atoms with van der Waals surface area (Å²) in [5.74, 6) is 1.23. The number of carbonyl (C=O) groups is 1. The monoisotopic (exact) mass is 307 g/mol. The van der Waals surface area contributed by atoms with Crippen molar-refractivity contribution in [3.8, 4) is 0 Å². The Kier molecular flexibility index (Phi) is 3.43. The third kappa shape index (κ3) is 1.99. The van der Waals surface area contributed by atoms with Crippen molar-refractivity contribution in [3.63, 3.8) is 0 Å². The molecule has 3 rings (SSSR count). The van der Waals surface area contributed by atoms with Crippen LogP contribution in [0.3, 0.4) is 0 Å². The third-order valence-corrected chi connectivity index (χ3v) is 7.84. The molecule has 0 aliphatic heterocycles. The number of fused-ring (bicyclic) bond motifs is 3. The van der Waals surface area contributed by atoms with E-state index in [9.17, 15) is 4.79 Å². The van der Waals surface area contributed by atoms with Crippen LogP contribution in [0.15, 0.2) is 11.0 Å². The molecule has 3 heteroatoms. The van der Waals surface area contributed by atoms with Gasteiger partial charge in [0.05, 0.1) is 0 Å². The van der Waals surface area contributed by atoms with Gasteiger partial charge in [0.1, 0.15) is 0 Å². The lowest BCUT2D eigenvalue weighted by atomic mass is 9.41. The van der Waals surface area contributed by atoms with E-state index < -0.39 is 0 Å². The zero-order valence-corrected chi connectivity index (χ0v) is 14.7. The molecule has 3 aliphatic carbocycles. The Morgan fingerprint density at radius 3 is 2.52 bits per heavy atom. The fourth-order valence-electron chi connectivity index (χ4n) is 6.12. The summed E-state index contributed by atoms with van der Waals surface area (Å²) < 4.78 is 0. The van der Waals surface area contributed by atoms with Crippen molar-refractivity contribution in [1.29, 1.82) is 0 Å². The molecule has 5 unspecified atom stereocenters. The largest absolute Gasteiger partial charge is 0.325 e. The first-order valence-electron chi connectivity index (χ1n) is 8.36. The average Bonchev–Trinajstić information content (AvgIpc) is 2.34. The Balaban J connectivity index is 2.11. The highest BCUT2D eigenvalue weighted by atomic mass is 32.1. The van der Waals surface area contributed by atoms with Gasteiger partial charge in [-0.2, -0.15) is 0 Å². The molecule has 0 spiro atoms. The van der Waals surface area contributed by atoms with E-state index >= 15 is 0 Å². The average molecular weight is 308 g/mol. The van der Waals surface area contributed by atoms with Gasteiger partial charge in [0.25, 0.3) is 0 Å². The minimum atomic E-state index is -0.122.